The summed E-state index contributed by atoms with van der Waals surface area (Å²) in [4.78, 5) is 8.68. The van der Waals surface area contributed by atoms with Crippen LogP contribution in [0.3, 0.4) is 0 Å². The monoisotopic (exact) mass is 158 g/mol. The van der Waals surface area contributed by atoms with Gasteiger partial charge in [-0.05, 0) is 0 Å². The molecular formula is C3H3NOY-2. The average Bonchev–Trinajstić information content (AvgIpc) is 1.46. The van der Waals surface area contributed by atoms with Gasteiger partial charge in [0.1, 0.15) is 0 Å². The fourth-order valence-electron chi connectivity index (χ4n) is 0. The van der Waals surface area contributed by atoms with Crippen molar-refractivity contribution in [1.29, 1.82) is 5.26 Å². The van der Waals surface area contributed by atoms with Crippen molar-refractivity contribution in [3.63, 3.8) is 0 Å². The molecule has 0 unspecified atom stereocenters. The molecule has 0 saturated heterocycles. The van der Waals surface area contributed by atoms with Crippen molar-refractivity contribution in [3.8, 4) is 0 Å². The number of hydrogen-bond acceptors (Lipinski definition) is 2. The van der Waals surface area contributed by atoms with Crippen molar-refractivity contribution in [3.05, 3.63) is 6.57 Å². The summed E-state index contributed by atoms with van der Waals surface area (Å²) in [7, 11) is 0. The molecular weight excluding hydrogens is 155 g/mol. The SMILES string of the molecule is C[C-]=O.[C-]#N.[Y]. The van der Waals surface area contributed by atoms with E-state index in [-0.39, 0.29) is 32.7 Å². The van der Waals surface area contributed by atoms with Crippen LogP contribution in [0.25, 0.3) is 0 Å². The van der Waals surface area contributed by atoms with E-state index in [4.69, 9.17) is 16.6 Å². The average molecular weight is 158 g/mol. The molecule has 0 aliphatic heterocycles. The standard InChI is InChI=1S/C2H3O.CN.Y/c1-2-3;1-2;/h1H3;;/q2*-1;. The van der Waals surface area contributed by atoms with Gasteiger partial charge < -0.3 is 16.6 Å². The third-order valence-corrected chi connectivity index (χ3v) is 0. The number of rotatable bonds is 0. The van der Waals surface area contributed by atoms with E-state index in [0.717, 1.165) is 0 Å². The van der Waals surface area contributed by atoms with Crippen LogP contribution in [0.15, 0.2) is 0 Å². The van der Waals surface area contributed by atoms with E-state index in [2.05, 4.69) is 0 Å². The fourth-order valence-corrected chi connectivity index (χ4v) is 0. The second-order valence-electron chi connectivity index (χ2n) is 0.204. The summed E-state index contributed by atoms with van der Waals surface area (Å²) in [6.45, 7) is 6.07. The third-order valence-electron chi connectivity index (χ3n) is 0. The third kappa shape index (κ3) is 652. The Labute approximate surface area is 62.4 Å². The van der Waals surface area contributed by atoms with Crippen LogP contribution in [-0.4, -0.2) is 6.29 Å². The summed E-state index contributed by atoms with van der Waals surface area (Å²) in [5, 5.41) is 6.25. The molecule has 0 fully saturated rings. The Hall–Kier alpha value is 0.264. The molecule has 0 spiro atoms. The Kier molecular flexibility index (Phi) is 163. The predicted molar refractivity (Wildman–Crippen MR) is 16.3 cm³/mol. The van der Waals surface area contributed by atoms with Gasteiger partial charge in [-0.25, -0.2) is 0 Å². The maximum Gasteiger partial charge on any atom is 0 e. The summed E-state index contributed by atoms with van der Waals surface area (Å²) >= 11 is 0. The largest absolute Gasteiger partial charge is 0.542 e. The first-order valence-electron chi connectivity index (χ1n) is 0.928. The van der Waals surface area contributed by atoms with Gasteiger partial charge in [-0.1, -0.05) is 0 Å². The van der Waals surface area contributed by atoms with E-state index in [1.807, 2.05) is 0 Å². The number of carbonyl (C=O) groups excluding carboxylic acids is 1. The van der Waals surface area contributed by atoms with Crippen molar-refractivity contribution in [1.82, 2.24) is 0 Å². The summed E-state index contributed by atoms with van der Waals surface area (Å²) < 4.78 is 0. The molecule has 0 atom stereocenters. The fraction of sp³-hybridized carbons (Fsp3) is 0.333. The normalized spacial score (nSPS) is 2.50. The molecule has 0 N–H and O–H groups in total. The molecule has 0 amide bonds. The Balaban J connectivity index is -0.0000000275. The number of hydrogen-bond donors (Lipinski definition) is 0. The first-order chi connectivity index (χ1) is 2.41. The van der Waals surface area contributed by atoms with E-state index in [0.29, 0.717) is 0 Å². The maximum absolute atomic E-state index is 8.68. The number of nitrogens with zero attached hydrogens (tertiary/aromatic N) is 1. The first-order valence-corrected chi connectivity index (χ1v) is 0.928. The van der Waals surface area contributed by atoms with E-state index in [1.54, 1.807) is 0 Å². The Morgan fingerprint density at radius 2 is 1.67 bits per heavy atom. The molecule has 0 aromatic rings. The molecule has 1 radical (unpaired) electrons. The van der Waals surface area contributed by atoms with Crippen molar-refractivity contribution in [2.75, 3.05) is 0 Å². The molecule has 0 saturated carbocycles. The van der Waals surface area contributed by atoms with Crippen LogP contribution in [0.2, 0.25) is 0 Å². The Morgan fingerprint density at radius 1 is 1.67 bits per heavy atom. The summed E-state index contributed by atoms with van der Waals surface area (Å²) in [5.74, 6) is 0. The van der Waals surface area contributed by atoms with E-state index in [9.17, 15) is 0 Å². The maximum atomic E-state index is 8.68. The first kappa shape index (κ1) is 16.3. The van der Waals surface area contributed by atoms with Gasteiger partial charge in [-0.2, -0.15) is 6.92 Å². The van der Waals surface area contributed by atoms with Crippen molar-refractivity contribution < 1.29 is 37.5 Å². The molecule has 3 heteroatoms. The second-order valence-corrected chi connectivity index (χ2v) is 0.204. The van der Waals surface area contributed by atoms with Gasteiger partial charge in [-0.3, -0.25) is 6.29 Å². The van der Waals surface area contributed by atoms with Crippen molar-refractivity contribution in [2.45, 2.75) is 6.92 Å². The van der Waals surface area contributed by atoms with Crippen LogP contribution in [0, 0.1) is 11.8 Å². The summed E-state index contributed by atoms with van der Waals surface area (Å²) in [5.41, 5.74) is 0. The molecule has 2 nitrogen and oxygen atoms in total. The Morgan fingerprint density at radius 3 is 1.67 bits per heavy atom. The summed E-state index contributed by atoms with van der Waals surface area (Å²) in [6.07, 6.45) is 1.50. The predicted octanol–water partition coefficient (Wildman–Crippen LogP) is 0.210. The smallest absolute Gasteiger partial charge is 0 e. The van der Waals surface area contributed by atoms with Gasteiger partial charge in [0.15, 0.2) is 0 Å². The molecule has 6 heavy (non-hydrogen) atoms. The minimum absolute atomic E-state index is 0. The molecule has 0 aliphatic carbocycles. The van der Waals surface area contributed by atoms with Gasteiger partial charge in [0.25, 0.3) is 0 Å². The van der Waals surface area contributed by atoms with Gasteiger partial charge in [0, 0.05) is 32.7 Å². The second kappa shape index (κ2) is 59.9. The molecule has 31 valence electrons. The molecule has 0 aromatic carbocycles. The van der Waals surface area contributed by atoms with Gasteiger partial charge in [-0.15, -0.1) is 0 Å². The van der Waals surface area contributed by atoms with Gasteiger partial charge >= 0.3 is 0 Å². The molecule has 0 bridgehead atoms. The van der Waals surface area contributed by atoms with Crippen LogP contribution in [-0.2, 0) is 37.5 Å². The van der Waals surface area contributed by atoms with E-state index >= 15 is 0 Å². The Bertz CT molecular complexity index is 35.0. The molecule has 0 heterocycles. The molecule has 0 aromatic heterocycles. The molecule has 0 aliphatic rings. The zero-order valence-corrected chi connectivity index (χ0v) is 6.27. The minimum Gasteiger partial charge on any atom is -0.542 e. The van der Waals surface area contributed by atoms with Gasteiger partial charge in [0.05, 0.1) is 0 Å². The topological polar surface area (TPSA) is 40.9 Å². The van der Waals surface area contributed by atoms with Crippen LogP contribution < -0.4 is 0 Å². The zero-order chi connectivity index (χ0) is 4.71. The van der Waals surface area contributed by atoms with Crippen molar-refractivity contribution in [2.24, 2.45) is 0 Å². The molecule has 0 rings (SSSR count). The minimum atomic E-state index is 0. The van der Waals surface area contributed by atoms with Crippen molar-refractivity contribution >= 4 is 6.29 Å². The zero-order valence-electron chi connectivity index (χ0n) is 3.43. The summed E-state index contributed by atoms with van der Waals surface area (Å²) in [6, 6.07) is 0. The van der Waals surface area contributed by atoms with E-state index < -0.39 is 0 Å². The van der Waals surface area contributed by atoms with Gasteiger partial charge in [0.2, 0.25) is 0 Å². The van der Waals surface area contributed by atoms with E-state index in [1.165, 1.54) is 13.2 Å². The van der Waals surface area contributed by atoms with Crippen LogP contribution >= 0.6 is 0 Å². The van der Waals surface area contributed by atoms with Crippen LogP contribution in [0.4, 0.5) is 0 Å². The quantitative estimate of drug-likeness (QED) is 0.472. The van der Waals surface area contributed by atoms with Crippen LogP contribution in [0.1, 0.15) is 6.92 Å². The van der Waals surface area contributed by atoms with Crippen LogP contribution in [0.5, 0.6) is 0 Å².